The number of carbonyl (C=O) groups excluding carboxylic acids is 1. The molecule has 122 valence electrons. The van der Waals surface area contributed by atoms with Crippen LogP contribution >= 0.6 is 11.5 Å². The van der Waals surface area contributed by atoms with Crippen molar-refractivity contribution < 1.29 is 9.53 Å². The van der Waals surface area contributed by atoms with Gasteiger partial charge >= 0.3 is 16.5 Å². The van der Waals surface area contributed by atoms with Gasteiger partial charge in [-0.05, 0) is 29.8 Å². The number of benzene rings is 2. The van der Waals surface area contributed by atoms with Crippen LogP contribution in [0.4, 0.5) is 0 Å². The summed E-state index contributed by atoms with van der Waals surface area (Å²) in [5.74, 6) is -0.455. The summed E-state index contributed by atoms with van der Waals surface area (Å²) in [4.78, 5) is 35.8. The SMILES string of the molecule is COC(=O)c1ccc(-n2sc(=O)n(Cc3ccccc3)c2=O)cc1. The van der Waals surface area contributed by atoms with Crippen molar-refractivity contribution in [1.82, 2.24) is 8.52 Å². The topological polar surface area (TPSA) is 70.3 Å². The van der Waals surface area contributed by atoms with E-state index in [1.54, 1.807) is 24.3 Å². The molecule has 0 fully saturated rings. The van der Waals surface area contributed by atoms with E-state index >= 15 is 0 Å². The molecule has 6 nitrogen and oxygen atoms in total. The van der Waals surface area contributed by atoms with Crippen molar-refractivity contribution >= 4 is 17.5 Å². The monoisotopic (exact) mass is 342 g/mol. The second-order valence-corrected chi connectivity index (χ2v) is 5.94. The number of ether oxygens (including phenoxy) is 1. The summed E-state index contributed by atoms with van der Waals surface area (Å²) >= 11 is 0.829. The Hall–Kier alpha value is -2.93. The normalized spacial score (nSPS) is 10.5. The Morgan fingerprint density at radius 2 is 1.71 bits per heavy atom. The molecule has 0 saturated heterocycles. The number of carbonyl (C=O) groups is 1. The molecule has 1 aromatic heterocycles. The van der Waals surface area contributed by atoms with E-state index in [9.17, 15) is 14.4 Å². The van der Waals surface area contributed by atoms with E-state index in [2.05, 4.69) is 4.74 Å². The van der Waals surface area contributed by atoms with Gasteiger partial charge in [-0.3, -0.25) is 4.79 Å². The number of methoxy groups -OCH3 is 1. The molecule has 3 rings (SSSR count). The first-order chi connectivity index (χ1) is 11.6. The summed E-state index contributed by atoms with van der Waals surface area (Å²) < 4.78 is 7.14. The zero-order chi connectivity index (χ0) is 17.1. The van der Waals surface area contributed by atoms with Gasteiger partial charge in [0.05, 0.1) is 24.9 Å². The summed E-state index contributed by atoms with van der Waals surface area (Å²) in [5.41, 5.74) is 1.38. The van der Waals surface area contributed by atoms with Gasteiger partial charge in [-0.15, -0.1) is 0 Å². The van der Waals surface area contributed by atoms with Crippen molar-refractivity contribution in [2.45, 2.75) is 6.54 Å². The van der Waals surface area contributed by atoms with Crippen molar-refractivity contribution in [1.29, 1.82) is 0 Å². The number of rotatable bonds is 4. The van der Waals surface area contributed by atoms with Crippen LogP contribution in [0, 0.1) is 0 Å². The third kappa shape index (κ3) is 3.07. The van der Waals surface area contributed by atoms with Gasteiger partial charge in [0.25, 0.3) is 0 Å². The van der Waals surface area contributed by atoms with Crippen LogP contribution in [-0.2, 0) is 11.3 Å². The van der Waals surface area contributed by atoms with E-state index in [0.717, 1.165) is 17.1 Å². The van der Waals surface area contributed by atoms with Gasteiger partial charge in [-0.25, -0.2) is 18.1 Å². The van der Waals surface area contributed by atoms with Crippen LogP contribution in [-0.4, -0.2) is 21.6 Å². The first kappa shape index (κ1) is 15.9. The average molecular weight is 342 g/mol. The minimum Gasteiger partial charge on any atom is -0.465 e. The third-order valence-corrected chi connectivity index (χ3v) is 4.43. The predicted molar refractivity (Wildman–Crippen MR) is 91.1 cm³/mol. The summed E-state index contributed by atoms with van der Waals surface area (Å²) in [5, 5.41) is 0. The zero-order valence-corrected chi connectivity index (χ0v) is 13.7. The lowest BCUT2D eigenvalue weighted by Gasteiger charge is -2.03. The van der Waals surface area contributed by atoms with Crippen LogP contribution in [0.3, 0.4) is 0 Å². The molecule has 3 aromatic rings. The van der Waals surface area contributed by atoms with Crippen molar-refractivity contribution in [3.63, 3.8) is 0 Å². The van der Waals surface area contributed by atoms with E-state index < -0.39 is 11.7 Å². The molecule has 0 atom stereocenters. The summed E-state index contributed by atoms with van der Waals surface area (Å²) in [7, 11) is 1.30. The molecule has 1 heterocycles. The third-order valence-electron chi connectivity index (χ3n) is 3.50. The first-order valence-electron chi connectivity index (χ1n) is 7.16. The molecule has 0 aliphatic rings. The number of esters is 1. The standard InChI is InChI=1S/C17H14N2O4S/c1-23-15(20)13-7-9-14(10-8-13)19-16(21)18(17(22)24-19)11-12-5-3-2-4-6-12/h2-10H,11H2,1H3. The Bertz CT molecular complexity index is 968. The van der Waals surface area contributed by atoms with Crippen LogP contribution in [0.25, 0.3) is 5.69 Å². The Morgan fingerprint density at radius 1 is 1.04 bits per heavy atom. The van der Waals surface area contributed by atoms with Gasteiger partial charge in [0.2, 0.25) is 0 Å². The molecule has 0 amide bonds. The fourth-order valence-electron chi connectivity index (χ4n) is 2.27. The van der Waals surface area contributed by atoms with Gasteiger partial charge in [-0.1, -0.05) is 30.3 Å². The van der Waals surface area contributed by atoms with Crippen molar-refractivity contribution in [2.75, 3.05) is 7.11 Å². The molecule has 0 saturated carbocycles. The van der Waals surface area contributed by atoms with E-state index in [0.29, 0.717) is 11.3 Å². The molecule has 0 aliphatic carbocycles. The highest BCUT2D eigenvalue weighted by atomic mass is 32.1. The molecule has 0 bridgehead atoms. The summed E-state index contributed by atoms with van der Waals surface area (Å²) in [6.45, 7) is 0.224. The maximum Gasteiger partial charge on any atom is 0.346 e. The molecule has 0 spiro atoms. The van der Waals surface area contributed by atoms with E-state index in [1.165, 1.54) is 15.6 Å². The van der Waals surface area contributed by atoms with Gasteiger partial charge in [0, 0.05) is 11.5 Å². The first-order valence-corrected chi connectivity index (χ1v) is 7.93. The molecule has 0 aliphatic heterocycles. The van der Waals surface area contributed by atoms with Gasteiger partial charge < -0.3 is 4.74 Å². The second kappa shape index (κ2) is 6.67. The summed E-state index contributed by atoms with van der Waals surface area (Å²) in [6, 6.07) is 15.6. The fraction of sp³-hybridized carbons (Fsp3) is 0.118. The Morgan fingerprint density at radius 3 is 2.33 bits per heavy atom. The van der Waals surface area contributed by atoms with Crippen molar-refractivity contribution in [3.05, 3.63) is 85.9 Å². The Labute approximate surface area is 141 Å². The predicted octanol–water partition coefficient (Wildman–Crippen LogP) is 1.90. The lowest BCUT2D eigenvalue weighted by molar-refractivity contribution is 0.0601. The number of nitrogens with zero attached hydrogens (tertiary/aromatic N) is 2. The van der Waals surface area contributed by atoms with Gasteiger partial charge in [0.1, 0.15) is 0 Å². The van der Waals surface area contributed by atoms with Crippen LogP contribution in [0.2, 0.25) is 0 Å². The minimum absolute atomic E-state index is 0.224. The smallest absolute Gasteiger partial charge is 0.346 e. The van der Waals surface area contributed by atoms with Crippen LogP contribution in [0.15, 0.2) is 64.2 Å². The van der Waals surface area contributed by atoms with Crippen LogP contribution < -0.4 is 10.6 Å². The van der Waals surface area contributed by atoms with Crippen LogP contribution in [0.5, 0.6) is 0 Å². The highest BCUT2D eigenvalue weighted by Gasteiger charge is 2.13. The Kier molecular flexibility index (Phi) is 4.43. The second-order valence-electron chi connectivity index (χ2n) is 5.04. The molecule has 24 heavy (non-hydrogen) atoms. The molecule has 0 radical (unpaired) electrons. The fourth-order valence-corrected chi connectivity index (χ4v) is 3.07. The lowest BCUT2D eigenvalue weighted by Crippen LogP contribution is -2.28. The lowest BCUT2D eigenvalue weighted by atomic mass is 10.2. The quantitative estimate of drug-likeness (QED) is 0.679. The molecule has 2 aromatic carbocycles. The number of aromatic nitrogens is 2. The highest BCUT2D eigenvalue weighted by Crippen LogP contribution is 2.10. The van der Waals surface area contributed by atoms with E-state index in [-0.39, 0.29) is 11.4 Å². The highest BCUT2D eigenvalue weighted by molar-refractivity contribution is 7.03. The summed E-state index contributed by atoms with van der Waals surface area (Å²) in [6.07, 6.45) is 0. The minimum atomic E-state index is -0.455. The number of hydrogen-bond acceptors (Lipinski definition) is 5. The maximum atomic E-state index is 12.5. The molecular weight excluding hydrogens is 328 g/mol. The largest absolute Gasteiger partial charge is 0.465 e. The zero-order valence-electron chi connectivity index (χ0n) is 12.8. The van der Waals surface area contributed by atoms with Crippen molar-refractivity contribution in [3.8, 4) is 5.69 Å². The molecule has 0 N–H and O–H groups in total. The van der Waals surface area contributed by atoms with E-state index in [1.807, 2.05) is 30.3 Å². The van der Waals surface area contributed by atoms with Crippen LogP contribution in [0.1, 0.15) is 15.9 Å². The molecule has 0 unspecified atom stereocenters. The average Bonchev–Trinajstić information content (AvgIpc) is 2.90. The van der Waals surface area contributed by atoms with Gasteiger partial charge in [-0.2, -0.15) is 0 Å². The molecular formula is C17H14N2O4S. The Balaban J connectivity index is 1.96. The maximum absolute atomic E-state index is 12.5. The number of hydrogen-bond donors (Lipinski definition) is 0. The van der Waals surface area contributed by atoms with Gasteiger partial charge in [0.15, 0.2) is 0 Å². The van der Waals surface area contributed by atoms with Crippen molar-refractivity contribution in [2.24, 2.45) is 0 Å². The van der Waals surface area contributed by atoms with E-state index in [4.69, 9.17) is 0 Å². The molecule has 7 heteroatoms.